The van der Waals surface area contributed by atoms with Gasteiger partial charge in [-0.2, -0.15) is 26.3 Å². The number of anilines is 2. The fourth-order valence-corrected chi connectivity index (χ4v) is 3.54. The summed E-state index contributed by atoms with van der Waals surface area (Å²) in [6, 6.07) is 2.60. The number of nitrogens with zero attached hydrogens (tertiary/aromatic N) is 6. The number of hydrogen-bond acceptors (Lipinski definition) is 7. The molecule has 0 aliphatic carbocycles. The SMILES string of the molecule is O=C(O)C(F)(F)F.O=C1N(c2ncccn2)CC12CCCN(c1cc(C(F)(F)F)ncn1)C2. The van der Waals surface area contributed by atoms with Crippen LogP contribution in [0.5, 0.6) is 0 Å². The average Bonchev–Trinajstić information content (AvgIpc) is 2.77. The van der Waals surface area contributed by atoms with E-state index in [2.05, 4.69) is 19.9 Å². The van der Waals surface area contributed by atoms with E-state index in [-0.39, 0.29) is 11.7 Å². The number of hydrogen-bond donors (Lipinski definition) is 1. The van der Waals surface area contributed by atoms with Crippen LogP contribution in [0.15, 0.2) is 30.9 Å². The monoisotopic (exact) mass is 478 g/mol. The lowest BCUT2D eigenvalue weighted by Gasteiger charge is -2.52. The molecule has 0 aromatic carbocycles. The number of carbonyl (C=O) groups is 2. The molecule has 2 fully saturated rings. The number of β-lactam (4-membered cyclic amide) rings is 1. The number of aliphatic carboxylic acids is 1. The van der Waals surface area contributed by atoms with E-state index in [9.17, 15) is 31.1 Å². The number of carboxylic acids is 1. The van der Waals surface area contributed by atoms with Crippen LogP contribution in [0, 0.1) is 5.41 Å². The van der Waals surface area contributed by atoms with Crippen LogP contribution in [0.25, 0.3) is 0 Å². The third-order valence-electron chi connectivity index (χ3n) is 5.04. The van der Waals surface area contributed by atoms with Crippen molar-refractivity contribution in [2.75, 3.05) is 29.4 Å². The quantitative estimate of drug-likeness (QED) is 0.518. The molecule has 1 amide bonds. The van der Waals surface area contributed by atoms with E-state index in [1.807, 2.05) is 0 Å². The van der Waals surface area contributed by atoms with Crippen molar-refractivity contribution in [3.8, 4) is 0 Å². The van der Waals surface area contributed by atoms with Crippen molar-refractivity contribution in [2.45, 2.75) is 25.2 Å². The van der Waals surface area contributed by atoms with Crippen molar-refractivity contribution >= 4 is 23.6 Å². The van der Waals surface area contributed by atoms with Crippen LogP contribution in [0.3, 0.4) is 0 Å². The number of rotatable bonds is 2. The van der Waals surface area contributed by atoms with E-state index in [4.69, 9.17) is 9.90 Å². The summed E-state index contributed by atoms with van der Waals surface area (Å²) >= 11 is 0. The molecule has 1 spiro atoms. The first-order chi connectivity index (χ1) is 15.3. The molecule has 1 unspecified atom stereocenters. The Morgan fingerprint density at radius 2 is 1.67 bits per heavy atom. The molecule has 0 bridgehead atoms. The Morgan fingerprint density at radius 1 is 1.03 bits per heavy atom. The molecule has 4 rings (SSSR count). The highest BCUT2D eigenvalue weighted by atomic mass is 19.4. The summed E-state index contributed by atoms with van der Waals surface area (Å²) in [4.78, 5) is 40.3. The fraction of sp³-hybridized carbons (Fsp3) is 0.444. The van der Waals surface area contributed by atoms with Crippen molar-refractivity contribution in [2.24, 2.45) is 5.41 Å². The smallest absolute Gasteiger partial charge is 0.475 e. The van der Waals surface area contributed by atoms with Gasteiger partial charge in [0, 0.05) is 38.1 Å². The van der Waals surface area contributed by atoms with E-state index < -0.39 is 29.4 Å². The highest BCUT2D eigenvalue weighted by Crippen LogP contribution is 2.42. The second kappa shape index (κ2) is 8.78. The van der Waals surface area contributed by atoms with E-state index in [1.54, 1.807) is 23.4 Å². The Hall–Kier alpha value is -3.52. The van der Waals surface area contributed by atoms with Gasteiger partial charge in [0.25, 0.3) is 0 Å². The second-order valence-electron chi connectivity index (χ2n) is 7.31. The summed E-state index contributed by atoms with van der Waals surface area (Å²) in [5, 5.41) is 7.12. The molecule has 0 saturated carbocycles. The highest BCUT2D eigenvalue weighted by Gasteiger charge is 2.55. The largest absolute Gasteiger partial charge is 0.490 e. The molecule has 9 nitrogen and oxygen atoms in total. The normalized spacial score (nSPS) is 20.7. The van der Waals surface area contributed by atoms with Gasteiger partial charge in [-0.1, -0.05) is 0 Å². The zero-order chi connectivity index (χ0) is 24.4. The summed E-state index contributed by atoms with van der Waals surface area (Å²) in [6.45, 7) is 1.32. The zero-order valence-electron chi connectivity index (χ0n) is 16.6. The number of halogens is 6. The van der Waals surface area contributed by atoms with Crippen molar-refractivity contribution in [1.82, 2.24) is 19.9 Å². The summed E-state index contributed by atoms with van der Waals surface area (Å²) in [5.74, 6) is -2.32. The van der Waals surface area contributed by atoms with E-state index in [0.717, 1.165) is 12.4 Å². The Labute approximate surface area is 182 Å². The lowest BCUT2D eigenvalue weighted by Crippen LogP contribution is -2.67. The van der Waals surface area contributed by atoms with Gasteiger partial charge >= 0.3 is 18.3 Å². The topological polar surface area (TPSA) is 112 Å². The minimum atomic E-state index is -5.08. The van der Waals surface area contributed by atoms with Crippen LogP contribution in [-0.2, 0) is 15.8 Å². The van der Waals surface area contributed by atoms with Crippen molar-refractivity contribution in [3.05, 3.63) is 36.5 Å². The van der Waals surface area contributed by atoms with Crippen molar-refractivity contribution < 1.29 is 41.0 Å². The molecule has 1 atom stereocenters. The molecule has 0 radical (unpaired) electrons. The van der Waals surface area contributed by atoms with Gasteiger partial charge in [0.05, 0.1) is 5.41 Å². The average molecular weight is 478 g/mol. The first-order valence-electron chi connectivity index (χ1n) is 9.37. The lowest BCUT2D eigenvalue weighted by atomic mass is 9.72. The zero-order valence-corrected chi connectivity index (χ0v) is 16.6. The fourth-order valence-electron chi connectivity index (χ4n) is 3.54. The Balaban J connectivity index is 0.000000383. The molecular weight excluding hydrogens is 462 g/mol. The van der Waals surface area contributed by atoms with E-state index >= 15 is 0 Å². The van der Waals surface area contributed by atoms with Gasteiger partial charge in [0.15, 0.2) is 0 Å². The van der Waals surface area contributed by atoms with Crippen LogP contribution < -0.4 is 9.80 Å². The first kappa shape index (κ1) is 24.1. The van der Waals surface area contributed by atoms with Gasteiger partial charge in [0.1, 0.15) is 17.8 Å². The number of carboxylic acid groups (broad SMARTS) is 1. The summed E-state index contributed by atoms with van der Waals surface area (Å²) in [7, 11) is 0. The third-order valence-corrected chi connectivity index (χ3v) is 5.04. The standard InChI is InChI=1S/C16H15F3N6O.C2HF3O2/c17-16(18,19)11-7-12(23-10-22-11)24-6-1-3-15(8-24)9-25(13(15)26)14-20-4-2-5-21-14;3-2(4,5)1(6)7/h2,4-5,7,10H,1,3,6,8-9H2;(H,6,7). The number of aromatic nitrogens is 4. The van der Waals surface area contributed by atoms with Gasteiger partial charge in [-0.15, -0.1) is 0 Å². The van der Waals surface area contributed by atoms with E-state index in [0.29, 0.717) is 38.4 Å². The molecular formula is C18H16F6N6O3. The van der Waals surface area contributed by atoms with Gasteiger partial charge in [-0.3, -0.25) is 9.69 Å². The Kier molecular flexibility index (Phi) is 6.42. The van der Waals surface area contributed by atoms with Crippen molar-refractivity contribution in [3.63, 3.8) is 0 Å². The molecule has 178 valence electrons. The van der Waals surface area contributed by atoms with Gasteiger partial charge < -0.3 is 10.0 Å². The Bertz CT molecular complexity index is 1020. The molecule has 2 aromatic heterocycles. The van der Waals surface area contributed by atoms with Crippen LogP contribution in [0.4, 0.5) is 38.1 Å². The summed E-state index contributed by atoms with van der Waals surface area (Å²) in [6.07, 6.45) is -4.20. The second-order valence-corrected chi connectivity index (χ2v) is 7.31. The molecule has 2 aliphatic rings. The maximum Gasteiger partial charge on any atom is 0.490 e. The number of carbonyl (C=O) groups excluding carboxylic acids is 1. The van der Waals surface area contributed by atoms with Crippen LogP contribution in [0.2, 0.25) is 0 Å². The molecule has 1 N–H and O–H groups in total. The summed E-state index contributed by atoms with van der Waals surface area (Å²) in [5.41, 5.74) is -1.61. The lowest BCUT2D eigenvalue weighted by molar-refractivity contribution is -0.192. The molecule has 2 aliphatic heterocycles. The predicted octanol–water partition coefficient (Wildman–Crippen LogP) is 2.55. The van der Waals surface area contributed by atoms with Crippen LogP contribution in [0.1, 0.15) is 18.5 Å². The van der Waals surface area contributed by atoms with Crippen molar-refractivity contribution in [1.29, 1.82) is 0 Å². The molecule has 15 heteroatoms. The summed E-state index contributed by atoms with van der Waals surface area (Å²) < 4.78 is 70.4. The molecule has 4 heterocycles. The van der Waals surface area contributed by atoms with Crippen LogP contribution >= 0.6 is 0 Å². The maximum atomic E-state index is 12.9. The Morgan fingerprint density at radius 3 is 2.21 bits per heavy atom. The van der Waals surface area contributed by atoms with Gasteiger partial charge in [-0.05, 0) is 18.9 Å². The molecule has 2 saturated heterocycles. The molecule has 33 heavy (non-hydrogen) atoms. The molecule has 2 aromatic rings. The highest BCUT2D eigenvalue weighted by molar-refractivity contribution is 6.03. The van der Waals surface area contributed by atoms with Crippen LogP contribution in [-0.4, -0.2) is 62.7 Å². The van der Waals surface area contributed by atoms with Gasteiger partial charge in [0.2, 0.25) is 11.9 Å². The van der Waals surface area contributed by atoms with Gasteiger partial charge in [-0.25, -0.2) is 24.7 Å². The predicted molar refractivity (Wildman–Crippen MR) is 99.0 cm³/mol. The maximum absolute atomic E-state index is 12.9. The number of amides is 1. The van der Waals surface area contributed by atoms with E-state index in [1.165, 1.54) is 4.90 Å². The third kappa shape index (κ3) is 5.28. The number of piperidine rings is 1. The minimum absolute atomic E-state index is 0.0986. The number of alkyl halides is 6. The minimum Gasteiger partial charge on any atom is -0.475 e. The first-order valence-corrected chi connectivity index (χ1v) is 9.37.